The fourth-order valence-electron chi connectivity index (χ4n) is 3.06. The lowest BCUT2D eigenvalue weighted by molar-refractivity contribution is -0.214. The number of carbonyl (C=O) groups excluding carboxylic acids is 1. The van der Waals surface area contributed by atoms with Crippen molar-refractivity contribution in [3.63, 3.8) is 0 Å². The minimum absolute atomic E-state index is 0.365. The zero-order valence-corrected chi connectivity index (χ0v) is 14.9. The predicted octanol–water partition coefficient (Wildman–Crippen LogP) is 3.76. The number of rotatable bonds is 4. The molecule has 0 aromatic heterocycles. The molecule has 0 saturated carbocycles. The van der Waals surface area contributed by atoms with Crippen LogP contribution in [0.5, 0.6) is 5.75 Å². The van der Waals surface area contributed by atoms with Crippen LogP contribution in [-0.2, 0) is 9.63 Å². The van der Waals surface area contributed by atoms with Gasteiger partial charge in [-0.15, -0.1) is 0 Å². The number of aliphatic imine (C=N–C) groups is 1. The number of nitrogens with zero attached hydrogens (tertiary/aromatic N) is 2. The summed E-state index contributed by atoms with van der Waals surface area (Å²) in [6, 6.07) is 17.6. The molecule has 130 valence electrons. The molecule has 5 nitrogen and oxygen atoms in total. The molecule has 3 rings (SSSR count). The van der Waals surface area contributed by atoms with E-state index in [1.165, 1.54) is 6.92 Å². The second-order valence-corrected chi connectivity index (χ2v) is 6.46. The summed E-state index contributed by atoms with van der Waals surface area (Å²) < 4.78 is 5.22. The highest BCUT2D eigenvalue weighted by Crippen LogP contribution is 2.39. The van der Waals surface area contributed by atoms with E-state index in [1.54, 1.807) is 12.2 Å². The molecule has 0 saturated heterocycles. The van der Waals surface area contributed by atoms with Crippen LogP contribution in [0.3, 0.4) is 0 Å². The Kier molecular flexibility index (Phi) is 4.59. The first-order valence-electron chi connectivity index (χ1n) is 8.19. The first-order valence-corrected chi connectivity index (χ1v) is 8.19. The molecular formula is C20H22N2O3. The molecule has 25 heavy (non-hydrogen) atoms. The number of methoxy groups -OCH3 is 1. The van der Waals surface area contributed by atoms with E-state index < -0.39 is 11.7 Å². The molecule has 1 aliphatic heterocycles. The van der Waals surface area contributed by atoms with Gasteiger partial charge in [-0.25, -0.2) is 0 Å². The number of carbonyl (C=O) groups is 1. The van der Waals surface area contributed by atoms with Crippen molar-refractivity contribution in [2.24, 2.45) is 4.99 Å². The van der Waals surface area contributed by atoms with Crippen LogP contribution in [-0.4, -0.2) is 29.4 Å². The largest absolute Gasteiger partial charge is 0.497 e. The molecule has 0 N–H and O–H groups in total. The lowest BCUT2D eigenvalue weighted by atomic mass is 9.93. The third-order valence-electron chi connectivity index (χ3n) is 4.29. The van der Waals surface area contributed by atoms with Gasteiger partial charge >= 0.3 is 5.97 Å². The highest BCUT2D eigenvalue weighted by Gasteiger charge is 2.46. The van der Waals surface area contributed by atoms with E-state index in [-0.39, 0.29) is 5.97 Å². The summed E-state index contributed by atoms with van der Waals surface area (Å²) in [5.74, 6) is 0.406. The molecule has 0 amide bonds. The van der Waals surface area contributed by atoms with Gasteiger partial charge in [-0.3, -0.25) is 9.79 Å². The van der Waals surface area contributed by atoms with Crippen LogP contribution in [0.4, 0.5) is 0 Å². The summed E-state index contributed by atoms with van der Waals surface area (Å²) in [5.41, 5.74) is 2.27. The van der Waals surface area contributed by atoms with E-state index in [9.17, 15) is 4.79 Å². The van der Waals surface area contributed by atoms with Gasteiger partial charge in [0.1, 0.15) is 5.75 Å². The van der Waals surface area contributed by atoms with Gasteiger partial charge in [0.05, 0.1) is 18.4 Å². The van der Waals surface area contributed by atoms with Crippen molar-refractivity contribution in [1.29, 1.82) is 0 Å². The second kappa shape index (κ2) is 6.69. The quantitative estimate of drug-likeness (QED) is 0.852. The van der Waals surface area contributed by atoms with Gasteiger partial charge < -0.3 is 9.57 Å². The van der Waals surface area contributed by atoms with Crippen molar-refractivity contribution in [2.75, 3.05) is 7.11 Å². The molecule has 0 spiro atoms. The average molecular weight is 338 g/mol. The monoisotopic (exact) mass is 338 g/mol. The van der Waals surface area contributed by atoms with E-state index in [2.05, 4.69) is 0 Å². The molecule has 1 unspecified atom stereocenters. The SMILES string of the molecule is COc1ccc(C2N=C(c3ccccc3)C(C)(C)N2OC(C)=O)cc1. The summed E-state index contributed by atoms with van der Waals surface area (Å²) in [4.78, 5) is 22.1. The van der Waals surface area contributed by atoms with Crippen LogP contribution in [0.15, 0.2) is 59.6 Å². The number of hydrogen-bond acceptors (Lipinski definition) is 5. The van der Waals surface area contributed by atoms with Crippen molar-refractivity contribution in [2.45, 2.75) is 32.5 Å². The van der Waals surface area contributed by atoms with Crippen LogP contribution in [0, 0.1) is 0 Å². The lowest BCUT2D eigenvalue weighted by Crippen LogP contribution is -2.47. The Morgan fingerprint density at radius 2 is 1.72 bits per heavy atom. The lowest BCUT2D eigenvalue weighted by Gasteiger charge is -2.33. The smallest absolute Gasteiger partial charge is 0.322 e. The predicted molar refractivity (Wildman–Crippen MR) is 96.4 cm³/mol. The molecule has 1 atom stereocenters. The van der Waals surface area contributed by atoms with Crippen LogP contribution in [0.25, 0.3) is 0 Å². The molecule has 2 aromatic rings. The molecule has 0 radical (unpaired) electrons. The van der Waals surface area contributed by atoms with Gasteiger partial charge in [-0.05, 0) is 37.1 Å². The fraction of sp³-hybridized carbons (Fsp3) is 0.300. The Hall–Kier alpha value is -2.66. The van der Waals surface area contributed by atoms with E-state index in [1.807, 2.05) is 68.4 Å². The zero-order valence-electron chi connectivity index (χ0n) is 14.9. The maximum absolute atomic E-state index is 11.7. The van der Waals surface area contributed by atoms with Gasteiger partial charge in [-0.2, -0.15) is 0 Å². The Balaban J connectivity index is 2.05. The van der Waals surface area contributed by atoms with Crippen LogP contribution < -0.4 is 4.74 Å². The van der Waals surface area contributed by atoms with Crippen molar-refractivity contribution in [3.8, 4) is 5.75 Å². The van der Waals surface area contributed by atoms with Gasteiger partial charge in [0, 0.05) is 6.92 Å². The summed E-state index contributed by atoms with van der Waals surface area (Å²) >= 11 is 0. The van der Waals surface area contributed by atoms with Crippen LogP contribution >= 0.6 is 0 Å². The highest BCUT2D eigenvalue weighted by molar-refractivity contribution is 6.08. The van der Waals surface area contributed by atoms with Crippen molar-refractivity contribution < 1.29 is 14.4 Å². The molecule has 0 bridgehead atoms. The van der Waals surface area contributed by atoms with Crippen molar-refractivity contribution in [1.82, 2.24) is 5.06 Å². The normalized spacial score (nSPS) is 19.4. The van der Waals surface area contributed by atoms with Gasteiger partial charge in [0.25, 0.3) is 0 Å². The Morgan fingerprint density at radius 1 is 1.08 bits per heavy atom. The van der Waals surface area contributed by atoms with E-state index in [0.717, 1.165) is 22.6 Å². The van der Waals surface area contributed by atoms with Gasteiger partial charge in [0.15, 0.2) is 6.17 Å². The summed E-state index contributed by atoms with van der Waals surface area (Å²) in [6.45, 7) is 5.41. The number of ether oxygens (including phenoxy) is 1. The minimum Gasteiger partial charge on any atom is -0.497 e. The first kappa shape index (κ1) is 17.2. The molecular weight excluding hydrogens is 316 g/mol. The Morgan fingerprint density at radius 3 is 2.28 bits per heavy atom. The molecule has 0 aliphatic carbocycles. The Bertz CT molecular complexity index is 782. The van der Waals surface area contributed by atoms with Crippen LogP contribution in [0.2, 0.25) is 0 Å². The van der Waals surface area contributed by atoms with Gasteiger partial charge in [0.2, 0.25) is 0 Å². The summed E-state index contributed by atoms with van der Waals surface area (Å²) in [7, 11) is 1.63. The number of benzene rings is 2. The van der Waals surface area contributed by atoms with Crippen molar-refractivity contribution >= 4 is 11.7 Å². The topological polar surface area (TPSA) is 51.1 Å². The molecule has 0 fully saturated rings. The summed E-state index contributed by atoms with van der Waals surface area (Å²) in [6.07, 6.45) is -0.403. The van der Waals surface area contributed by atoms with E-state index >= 15 is 0 Å². The first-order chi connectivity index (χ1) is 11.9. The van der Waals surface area contributed by atoms with Gasteiger partial charge in [-0.1, -0.05) is 47.5 Å². The minimum atomic E-state index is -0.558. The second-order valence-electron chi connectivity index (χ2n) is 6.46. The fourth-order valence-corrected chi connectivity index (χ4v) is 3.06. The third-order valence-corrected chi connectivity index (χ3v) is 4.29. The summed E-state index contributed by atoms with van der Waals surface area (Å²) in [5, 5.41) is 1.67. The van der Waals surface area contributed by atoms with Crippen molar-refractivity contribution in [3.05, 3.63) is 65.7 Å². The zero-order chi connectivity index (χ0) is 18.0. The molecule has 2 aromatic carbocycles. The molecule has 1 heterocycles. The molecule has 5 heteroatoms. The van der Waals surface area contributed by atoms with E-state index in [4.69, 9.17) is 14.6 Å². The average Bonchev–Trinajstić information content (AvgIpc) is 2.86. The third kappa shape index (κ3) is 3.28. The highest BCUT2D eigenvalue weighted by atomic mass is 16.7. The van der Waals surface area contributed by atoms with Crippen LogP contribution in [0.1, 0.15) is 38.1 Å². The maximum atomic E-state index is 11.7. The molecule has 1 aliphatic rings. The standard InChI is InChI=1S/C20H22N2O3/c1-14(23)25-22-19(16-10-12-17(24-4)13-11-16)21-18(20(22,2)3)15-8-6-5-7-9-15/h5-13,19H,1-4H3. The maximum Gasteiger partial charge on any atom is 0.322 e. The number of hydrogen-bond donors (Lipinski definition) is 0. The number of hydroxylamine groups is 2. The Labute approximate surface area is 147 Å². The van der Waals surface area contributed by atoms with E-state index in [0.29, 0.717) is 0 Å².